The first-order valence-electron chi connectivity index (χ1n) is 5.59. The Bertz CT molecular complexity index is 207. The van der Waals surface area contributed by atoms with Gasteiger partial charge in [-0.3, -0.25) is 4.90 Å². The van der Waals surface area contributed by atoms with Crippen molar-refractivity contribution in [2.75, 3.05) is 19.6 Å². The summed E-state index contributed by atoms with van der Waals surface area (Å²) in [5, 5.41) is 3.18. The van der Waals surface area contributed by atoms with E-state index in [4.69, 9.17) is 0 Å². The fourth-order valence-electron chi connectivity index (χ4n) is 2.31. The van der Waals surface area contributed by atoms with Crippen LogP contribution in [0, 0.1) is 0 Å². The quantitative estimate of drug-likeness (QED) is 0.782. The average Bonchev–Trinajstić information content (AvgIpc) is 2.97. The van der Waals surface area contributed by atoms with Crippen molar-refractivity contribution in [1.29, 1.82) is 0 Å². The number of hydrogen-bond donors (Lipinski definition) is 1. The third kappa shape index (κ3) is 3.34. The fraction of sp³-hybridized carbons (Fsp3) is 1.00. The van der Waals surface area contributed by atoms with Gasteiger partial charge in [0.25, 0.3) is 0 Å². The first-order valence-corrected chi connectivity index (χ1v) is 5.59. The van der Waals surface area contributed by atoms with Crippen LogP contribution < -0.4 is 5.32 Å². The van der Waals surface area contributed by atoms with Crippen molar-refractivity contribution < 1.29 is 13.2 Å². The number of alkyl halides is 3. The van der Waals surface area contributed by atoms with Crippen molar-refractivity contribution in [3.63, 3.8) is 0 Å². The summed E-state index contributed by atoms with van der Waals surface area (Å²) in [6, 6.07) is 0.343. The van der Waals surface area contributed by atoms with E-state index in [1.54, 1.807) is 4.90 Å². The van der Waals surface area contributed by atoms with Gasteiger partial charge in [0.15, 0.2) is 0 Å². The number of rotatable bonds is 3. The molecule has 2 aliphatic rings. The average molecular weight is 222 g/mol. The molecule has 2 rings (SSSR count). The molecular formula is C10H17F3N2. The van der Waals surface area contributed by atoms with Gasteiger partial charge in [-0.25, -0.2) is 0 Å². The highest BCUT2D eigenvalue weighted by Gasteiger charge is 2.41. The largest absolute Gasteiger partial charge is 0.401 e. The van der Waals surface area contributed by atoms with Crippen molar-refractivity contribution in [3.05, 3.63) is 0 Å². The van der Waals surface area contributed by atoms with E-state index in [9.17, 15) is 13.2 Å². The first kappa shape index (κ1) is 11.2. The van der Waals surface area contributed by atoms with E-state index in [-0.39, 0.29) is 12.1 Å². The predicted octanol–water partition coefficient (Wildman–Crippen LogP) is 1.77. The van der Waals surface area contributed by atoms with E-state index in [2.05, 4.69) is 5.32 Å². The maximum Gasteiger partial charge on any atom is 0.401 e. The molecule has 2 fully saturated rings. The van der Waals surface area contributed by atoms with Crippen LogP contribution in [0.2, 0.25) is 0 Å². The third-order valence-electron chi connectivity index (χ3n) is 3.16. The molecule has 5 heteroatoms. The molecule has 0 radical (unpaired) electrons. The Kier molecular flexibility index (Phi) is 3.21. The lowest BCUT2D eigenvalue weighted by Gasteiger charge is -2.35. The SMILES string of the molecule is FC(F)(F)CN(C1CCNCC1)C1CC1. The molecule has 0 bridgehead atoms. The maximum atomic E-state index is 12.4. The lowest BCUT2D eigenvalue weighted by Crippen LogP contribution is -2.47. The van der Waals surface area contributed by atoms with Gasteiger partial charge in [0.05, 0.1) is 6.54 Å². The molecule has 88 valence electrons. The summed E-state index contributed by atoms with van der Waals surface area (Å²) in [7, 11) is 0. The Balaban J connectivity index is 1.92. The molecule has 1 saturated carbocycles. The molecule has 15 heavy (non-hydrogen) atoms. The van der Waals surface area contributed by atoms with E-state index in [0.717, 1.165) is 38.8 Å². The zero-order valence-corrected chi connectivity index (χ0v) is 8.69. The topological polar surface area (TPSA) is 15.3 Å². The van der Waals surface area contributed by atoms with Gasteiger partial charge in [0.1, 0.15) is 0 Å². The van der Waals surface area contributed by atoms with E-state index >= 15 is 0 Å². The molecule has 0 amide bonds. The standard InChI is InChI=1S/C10H17F3N2/c11-10(12,13)7-15(8-1-2-8)9-3-5-14-6-4-9/h8-9,14H,1-7H2. The Morgan fingerprint density at radius 2 is 1.53 bits per heavy atom. The van der Waals surface area contributed by atoms with Crippen LogP contribution in [-0.2, 0) is 0 Å². The van der Waals surface area contributed by atoms with Crippen LogP contribution in [0.5, 0.6) is 0 Å². The highest BCUT2D eigenvalue weighted by atomic mass is 19.4. The zero-order chi connectivity index (χ0) is 10.9. The van der Waals surface area contributed by atoms with Crippen LogP contribution in [-0.4, -0.2) is 42.8 Å². The molecule has 1 aliphatic carbocycles. The fourth-order valence-corrected chi connectivity index (χ4v) is 2.31. The Morgan fingerprint density at radius 3 is 2.00 bits per heavy atom. The molecule has 0 aromatic heterocycles. The maximum absolute atomic E-state index is 12.4. The predicted molar refractivity (Wildman–Crippen MR) is 51.7 cm³/mol. The monoisotopic (exact) mass is 222 g/mol. The van der Waals surface area contributed by atoms with Crippen LogP contribution >= 0.6 is 0 Å². The molecule has 1 saturated heterocycles. The Morgan fingerprint density at radius 1 is 1.00 bits per heavy atom. The Labute approximate surface area is 87.8 Å². The molecule has 1 N–H and O–H groups in total. The zero-order valence-electron chi connectivity index (χ0n) is 8.69. The molecule has 1 heterocycles. The Hall–Kier alpha value is -0.290. The normalized spacial score (nSPS) is 24.8. The summed E-state index contributed by atoms with van der Waals surface area (Å²) in [6.07, 6.45) is -0.452. The minimum absolute atomic E-state index is 0.139. The van der Waals surface area contributed by atoms with E-state index in [1.807, 2.05) is 0 Å². The van der Waals surface area contributed by atoms with E-state index in [1.165, 1.54) is 0 Å². The van der Waals surface area contributed by atoms with Gasteiger partial charge in [0.2, 0.25) is 0 Å². The van der Waals surface area contributed by atoms with Gasteiger partial charge in [-0.2, -0.15) is 13.2 Å². The number of hydrogen-bond acceptors (Lipinski definition) is 2. The van der Waals surface area contributed by atoms with Gasteiger partial charge < -0.3 is 5.32 Å². The second kappa shape index (κ2) is 4.29. The number of nitrogens with zero attached hydrogens (tertiary/aromatic N) is 1. The summed E-state index contributed by atoms with van der Waals surface area (Å²) < 4.78 is 37.2. The molecule has 0 aromatic carbocycles. The molecular weight excluding hydrogens is 205 g/mol. The van der Waals surface area contributed by atoms with Crippen molar-refractivity contribution in [2.24, 2.45) is 0 Å². The minimum atomic E-state index is -4.05. The highest BCUT2D eigenvalue weighted by Crippen LogP contribution is 2.33. The van der Waals surface area contributed by atoms with Crippen molar-refractivity contribution in [3.8, 4) is 0 Å². The van der Waals surface area contributed by atoms with Crippen LogP contribution in [0.25, 0.3) is 0 Å². The third-order valence-corrected chi connectivity index (χ3v) is 3.16. The van der Waals surface area contributed by atoms with E-state index in [0.29, 0.717) is 0 Å². The lowest BCUT2D eigenvalue weighted by molar-refractivity contribution is -0.153. The number of halogens is 3. The minimum Gasteiger partial charge on any atom is -0.317 e. The number of piperidine rings is 1. The highest BCUT2D eigenvalue weighted by molar-refractivity contribution is 4.91. The van der Waals surface area contributed by atoms with Crippen LogP contribution in [0.4, 0.5) is 13.2 Å². The summed E-state index contributed by atoms with van der Waals surface area (Å²) in [4.78, 5) is 1.68. The van der Waals surface area contributed by atoms with Crippen LogP contribution in [0.1, 0.15) is 25.7 Å². The van der Waals surface area contributed by atoms with Crippen LogP contribution in [0.15, 0.2) is 0 Å². The smallest absolute Gasteiger partial charge is 0.317 e. The second-order valence-corrected chi connectivity index (χ2v) is 4.50. The summed E-state index contributed by atoms with van der Waals surface area (Å²) in [5.74, 6) is 0. The molecule has 0 atom stereocenters. The van der Waals surface area contributed by atoms with Gasteiger partial charge >= 0.3 is 6.18 Å². The van der Waals surface area contributed by atoms with Gasteiger partial charge in [0, 0.05) is 12.1 Å². The van der Waals surface area contributed by atoms with Crippen LogP contribution in [0.3, 0.4) is 0 Å². The summed E-state index contributed by atoms with van der Waals surface area (Å²) in [5.41, 5.74) is 0. The molecule has 0 spiro atoms. The van der Waals surface area contributed by atoms with Crippen molar-refractivity contribution >= 4 is 0 Å². The van der Waals surface area contributed by atoms with Gasteiger partial charge in [-0.15, -0.1) is 0 Å². The summed E-state index contributed by atoms with van der Waals surface area (Å²) in [6.45, 7) is 0.986. The van der Waals surface area contributed by atoms with E-state index < -0.39 is 12.7 Å². The van der Waals surface area contributed by atoms with Gasteiger partial charge in [-0.1, -0.05) is 0 Å². The molecule has 2 nitrogen and oxygen atoms in total. The first-order chi connectivity index (χ1) is 7.06. The molecule has 1 aliphatic heterocycles. The second-order valence-electron chi connectivity index (χ2n) is 4.50. The number of nitrogens with one attached hydrogen (secondary N) is 1. The van der Waals surface area contributed by atoms with Crippen molar-refractivity contribution in [2.45, 2.75) is 43.9 Å². The summed E-state index contributed by atoms with van der Waals surface area (Å²) >= 11 is 0. The lowest BCUT2D eigenvalue weighted by atomic mass is 10.0. The van der Waals surface area contributed by atoms with Crippen molar-refractivity contribution in [1.82, 2.24) is 10.2 Å². The molecule has 0 unspecified atom stereocenters. The molecule has 0 aromatic rings. The van der Waals surface area contributed by atoms with Gasteiger partial charge in [-0.05, 0) is 38.8 Å².